The van der Waals surface area contributed by atoms with Crippen molar-refractivity contribution in [2.24, 2.45) is 11.7 Å². The molecule has 3 N–H and O–H groups in total. The van der Waals surface area contributed by atoms with Gasteiger partial charge >= 0.3 is 0 Å². The van der Waals surface area contributed by atoms with E-state index >= 15 is 0 Å². The van der Waals surface area contributed by atoms with E-state index in [1.165, 1.54) is 16.8 Å². The highest BCUT2D eigenvalue weighted by molar-refractivity contribution is 5.93. The maximum absolute atomic E-state index is 11.6. The lowest BCUT2D eigenvalue weighted by Crippen LogP contribution is -2.34. The number of methoxy groups -OCH3 is 1. The van der Waals surface area contributed by atoms with Gasteiger partial charge in [0.15, 0.2) is 11.4 Å². The van der Waals surface area contributed by atoms with Gasteiger partial charge in [0.1, 0.15) is 12.6 Å². The van der Waals surface area contributed by atoms with E-state index in [0.29, 0.717) is 37.3 Å². The summed E-state index contributed by atoms with van der Waals surface area (Å²) in [4.78, 5) is 22.5. The number of rotatable bonds is 10. The Morgan fingerprint density at radius 3 is 2.25 bits per heavy atom. The summed E-state index contributed by atoms with van der Waals surface area (Å²) in [7, 11) is 1.62. The fraction of sp³-hybridized carbons (Fsp3) is 0.393. The summed E-state index contributed by atoms with van der Waals surface area (Å²) < 4.78 is 10.3. The topological polar surface area (TPSA) is 111 Å². The molecule has 0 atom stereocenters. The van der Waals surface area contributed by atoms with Crippen LogP contribution in [0.2, 0.25) is 0 Å². The van der Waals surface area contributed by atoms with Crippen LogP contribution in [0.5, 0.6) is 5.75 Å². The molecule has 2 aromatic carbocycles. The number of anilines is 1. The number of hydrogen-bond donors (Lipinski definition) is 2. The van der Waals surface area contributed by atoms with Crippen LogP contribution in [0.25, 0.3) is 0 Å². The fourth-order valence-electron chi connectivity index (χ4n) is 4.60. The molecule has 1 aromatic heterocycles. The standard InChI is InChI=1S/C28H34N4O4/c1-19-27(33)26(28(29)34)31-25(30-19)16-22-11-13-32(14-12-22)24-9-7-21(8-10-24)15-20-3-5-23(6-4-20)17-36-18-35-2/h3-10,22,33H,11-18H2,1-2H3,(H2,29,34). The summed E-state index contributed by atoms with van der Waals surface area (Å²) in [5.74, 6) is 0.0293. The lowest BCUT2D eigenvalue weighted by atomic mass is 9.92. The average molecular weight is 491 g/mol. The Balaban J connectivity index is 1.28. The molecule has 190 valence electrons. The first-order valence-electron chi connectivity index (χ1n) is 12.3. The highest BCUT2D eigenvalue weighted by Crippen LogP contribution is 2.27. The molecule has 0 saturated carbocycles. The summed E-state index contributed by atoms with van der Waals surface area (Å²) in [5, 5.41) is 9.97. The van der Waals surface area contributed by atoms with Gasteiger partial charge in [-0.15, -0.1) is 0 Å². The molecule has 0 aliphatic carbocycles. The molecule has 36 heavy (non-hydrogen) atoms. The third kappa shape index (κ3) is 6.59. The number of aromatic nitrogens is 2. The van der Waals surface area contributed by atoms with Gasteiger partial charge in [-0.2, -0.15) is 0 Å². The number of carbonyl (C=O) groups is 1. The van der Waals surface area contributed by atoms with Crippen molar-refractivity contribution in [3.05, 3.63) is 82.4 Å². The monoisotopic (exact) mass is 490 g/mol. The number of nitrogens with zero attached hydrogens (tertiary/aromatic N) is 3. The predicted octanol–water partition coefficient (Wildman–Crippen LogP) is 3.76. The Hall–Kier alpha value is -3.49. The van der Waals surface area contributed by atoms with Crippen LogP contribution in [0.4, 0.5) is 5.69 Å². The molecule has 1 amide bonds. The van der Waals surface area contributed by atoms with Crippen molar-refractivity contribution in [1.82, 2.24) is 9.97 Å². The van der Waals surface area contributed by atoms with Gasteiger partial charge in [0.2, 0.25) is 0 Å². The zero-order valence-corrected chi connectivity index (χ0v) is 20.9. The van der Waals surface area contributed by atoms with Crippen LogP contribution < -0.4 is 10.6 Å². The van der Waals surface area contributed by atoms with Crippen LogP contribution in [-0.2, 0) is 28.9 Å². The summed E-state index contributed by atoms with van der Waals surface area (Å²) in [5.41, 5.74) is 10.6. The van der Waals surface area contributed by atoms with Crippen LogP contribution in [0, 0.1) is 12.8 Å². The second-order valence-electron chi connectivity index (χ2n) is 9.34. The minimum absolute atomic E-state index is 0.0953. The molecular formula is C28H34N4O4. The van der Waals surface area contributed by atoms with Gasteiger partial charge in [0, 0.05) is 32.3 Å². The van der Waals surface area contributed by atoms with Crippen molar-refractivity contribution in [3.8, 4) is 5.75 Å². The zero-order valence-electron chi connectivity index (χ0n) is 20.9. The second-order valence-corrected chi connectivity index (χ2v) is 9.34. The van der Waals surface area contributed by atoms with E-state index in [2.05, 4.69) is 63.4 Å². The summed E-state index contributed by atoms with van der Waals surface area (Å²) in [6.45, 7) is 4.42. The lowest BCUT2D eigenvalue weighted by Gasteiger charge is -2.33. The van der Waals surface area contributed by atoms with Crippen LogP contribution in [0.15, 0.2) is 48.5 Å². The number of ether oxygens (including phenoxy) is 2. The smallest absolute Gasteiger partial charge is 0.271 e. The maximum atomic E-state index is 11.6. The zero-order chi connectivity index (χ0) is 25.5. The highest BCUT2D eigenvalue weighted by atomic mass is 16.7. The van der Waals surface area contributed by atoms with E-state index in [0.717, 1.165) is 37.9 Å². The highest BCUT2D eigenvalue weighted by Gasteiger charge is 2.22. The van der Waals surface area contributed by atoms with Gasteiger partial charge in [-0.3, -0.25) is 4.79 Å². The molecule has 3 aromatic rings. The molecule has 0 unspecified atom stereocenters. The average Bonchev–Trinajstić information content (AvgIpc) is 2.88. The minimum Gasteiger partial charge on any atom is -0.504 e. The third-order valence-corrected chi connectivity index (χ3v) is 6.63. The van der Waals surface area contributed by atoms with E-state index in [1.807, 2.05) is 0 Å². The van der Waals surface area contributed by atoms with Crippen LogP contribution >= 0.6 is 0 Å². The summed E-state index contributed by atoms with van der Waals surface area (Å²) in [6.07, 6.45) is 3.58. The second kappa shape index (κ2) is 12.0. The van der Waals surface area contributed by atoms with Crippen molar-refractivity contribution in [3.63, 3.8) is 0 Å². The van der Waals surface area contributed by atoms with Crippen LogP contribution in [0.3, 0.4) is 0 Å². The molecule has 1 aliphatic rings. The number of aromatic hydroxyl groups is 1. The summed E-state index contributed by atoms with van der Waals surface area (Å²) in [6, 6.07) is 17.3. The van der Waals surface area contributed by atoms with Crippen molar-refractivity contribution in [2.45, 2.75) is 39.2 Å². The molecule has 8 heteroatoms. The molecule has 0 bridgehead atoms. The predicted molar refractivity (Wildman–Crippen MR) is 138 cm³/mol. The fourth-order valence-corrected chi connectivity index (χ4v) is 4.60. The molecule has 1 saturated heterocycles. The number of nitrogens with two attached hydrogens (primary N) is 1. The number of aryl methyl sites for hydroxylation is 1. The Labute approximate surface area is 212 Å². The van der Waals surface area contributed by atoms with Crippen molar-refractivity contribution < 1.29 is 19.4 Å². The quantitative estimate of drug-likeness (QED) is 0.329. The van der Waals surface area contributed by atoms with Crippen LogP contribution in [-0.4, -0.2) is 48.0 Å². The number of amides is 1. The Morgan fingerprint density at radius 1 is 1.03 bits per heavy atom. The van der Waals surface area contributed by atoms with Gasteiger partial charge in [-0.25, -0.2) is 9.97 Å². The van der Waals surface area contributed by atoms with Gasteiger partial charge < -0.3 is 25.2 Å². The molecule has 0 radical (unpaired) electrons. The van der Waals surface area contributed by atoms with E-state index in [9.17, 15) is 9.90 Å². The van der Waals surface area contributed by atoms with Gasteiger partial charge in [0.05, 0.1) is 12.3 Å². The number of carbonyl (C=O) groups excluding carboxylic acids is 1. The molecule has 4 rings (SSSR count). The van der Waals surface area contributed by atoms with Gasteiger partial charge in [0.25, 0.3) is 5.91 Å². The summed E-state index contributed by atoms with van der Waals surface area (Å²) >= 11 is 0. The van der Waals surface area contributed by atoms with E-state index in [-0.39, 0.29) is 11.4 Å². The number of piperidine rings is 1. The van der Waals surface area contributed by atoms with E-state index in [4.69, 9.17) is 15.2 Å². The largest absolute Gasteiger partial charge is 0.504 e. The molecule has 2 heterocycles. The minimum atomic E-state index is -0.734. The normalized spacial score (nSPS) is 14.2. The Kier molecular flexibility index (Phi) is 8.51. The van der Waals surface area contributed by atoms with E-state index in [1.54, 1.807) is 14.0 Å². The third-order valence-electron chi connectivity index (χ3n) is 6.63. The molecular weight excluding hydrogens is 456 g/mol. The van der Waals surface area contributed by atoms with E-state index < -0.39 is 5.91 Å². The van der Waals surface area contributed by atoms with Gasteiger partial charge in [-0.1, -0.05) is 36.4 Å². The number of hydrogen-bond acceptors (Lipinski definition) is 7. The first-order chi connectivity index (χ1) is 17.4. The first kappa shape index (κ1) is 25.6. The van der Waals surface area contributed by atoms with Gasteiger partial charge in [-0.05, 0) is 60.9 Å². The first-order valence-corrected chi connectivity index (χ1v) is 12.3. The SMILES string of the molecule is COCOCc1ccc(Cc2ccc(N3CCC(Cc4nc(C)c(O)c(C(N)=O)n4)CC3)cc2)cc1. The number of benzene rings is 2. The lowest BCUT2D eigenvalue weighted by molar-refractivity contribution is -0.0390. The van der Waals surface area contributed by atoms with Crippen LogP contribution in [0.1, 0.15) is 51.5 Å². The van der Waals surface area contributed by atoms with Crippen molar-refractivity contribution >= 4 is 11.6 Å². The Morgan fingerprint density at radius 2 is 1.64 bits per heavy atom. The Bertz CT molecular complexity index is 1160. The molecule has 8 nitrogen and oxygen atoms in total. The van der Waals surface area contributed by atoms with Crippen molar-refractivity contribution in [2.75, 3.05) is 31.9 Å². The molecule has 0 spiro atoms. The number of primary amides is 1. The maximum Gasteiger partial charge on any atom is 0.271 e. The molecule has 1 fully saturated rings. The van der Waals surface area contributed by atoms with Crippen molar-refractivity contribution in [1.29, 1.82) is 0 Å². The molecule has 1 aliphatic heterocycles.